The molecule has 0 unspecified atom stereocenters. The smallest absolute Gasteiger partial charge is 0.184 e. The van der Waals surface area contributed by atoms with Crippen LogP contribution in [-0.4, -0.2) is 37.7 Å². The Balaban J connectivity index is 1.30. The third-order valence-corrected chi connectivity index (χ3v) is 9.50. The molecule has 0 aromatic heterocycles. The Morgan fingerprint density at radius 3 is 2.07 bits per heavy atom. The molecule has 0 atom stereocenters. The molecule has 1 heterocycles. The van der Waals surface area contributed by atoms with Crippen LogP contribution in [0.3, 0.4) is 0 Å². The van der Waals surface area contributed by atoms with E-state index in [-0.39, 0.29) is 0 Å². The Hall–Kier alpha value is -1.65. The highest BCUT2D eigenvalue weighted by Gasteiger charge is 2.48. The Bertz CT molecular complexity index is 852. The first-order valence-electron chi connectivity index (χ1n) is 10.7. The second kappa shape index (κ2) is 8.38. The molecule has 0 radical (unpaired) electrons. The average molecular weight is 398 g/mol. The van der Waals surface area contributed by atoms with Crippen LogP contribution in [0.15, 0.2) is 65.6 Å². The van der Waals surface area contributed by atoms with Gasteiger partial charge in [-0.15, -0.1) is 0 Å². The molecule has 150 valence electrons. The summed E-state index contributed by atoms with van der Waals surface area (Å²) in [5, 5.41) is 0. The Labute approximate surface area is 169 Å². The molecule has 0 spiro atoms. The van der Waals surface area contributed by atoms with Crippen molar-refractivity contribution < 1.29 is 8.42 Å². The molecule has 1 saturated carbocycles. The van der Waals surface area contributed by atoms with Crippen LogP contribution in [0.5, 0.6) is 0 Å². The molecular weight excluding hydrogens is 366 g/mol. The summed E-state index contributed by atoms with van der Waals surface area (Å²) >= 11 is 0. The predicted molar refractivity (Wildman–Crippen MR) is 114 cm³/mol. The summed E-state index contributed by atoms with van der Waals surface area (Å²) < 4.78 is 25.9. The third kappa shape index (κ3) is 3.90. The highest BCUT2D eigenvalue weighted by Crippen LogP contribution is 2.46. The number of piperidine rings is 1. The van der Waals surface area contributed by atoms with Gasteiger partial charge in [0.1, 0.15) is 0 Å². The average Bonchev–Trinajstić information content (AvgIpc) is 2.71. The molecule has 0 bridgehead atoms. The molecule has 2 aromatic rings. The Morgan fingerprint density at radius 2 is 1.50 bits per heavy atom. The molecule has 2 fully saturated rings. The van der Waals surface area contributed by atoms with Gasteiger partial charge in [0.2, 0.25) is 0 Å². The van der Waals surface area contributed by atoms with Gasteiger partial charge in [-0.05, 0) is 81.8 Å². The maximum atomic E-state index is 13.2. The zero-order valence-corrected chi connectivity index (χ0v) is 17.4. The Morgan fingerprint density at radius 1 is 0.893 bits per heavy atom. The van der Waals surface area contributed by atoms with E-state index in [0.717, 1.165) is 51.7 Å². The lowest BCUT2D eigenvalue weighted by molar-refractivity contribution is 0.199. The fourth-order valence-electron chi connectivity index (χ4n) is 4.91. The lowest BCUT2D eigenvalue weighted by Crippen LogP contribution is -2.46. The van der Waals surface area contributed by atoms with Gasteiger partial charge in [0.25, 0.3) is 0 Å². The molecule has 0 N–H and O–H groups in total. The van der Waals surface area contributed by atoms with Crippen LogP contribution in [0.4, 0.5) is 0 Å². The van der Waals surface area contributed by atoms with Crippen molar-refractivity contribution in [3.05, 3.63) is 66.2 Å². The maximum absolute atomic E-state index is 13.2. The molecule has 28 heavy (non-hydrogen) atoms. The Kier molecular flexibility index (Phi) is 5.88. The van der Waals surface area contributed by atoms with Crippen molar-refractivity contribution in [2.45, 2.75) is 60.5 Å². The van der Waals surface area contributed by atoms with Crippen LogP contribution in [0.1, 0.15) is 56.4 Å². The number of hydrogen-bond acceptors (Lipinski definition) is 3. The predicted octanol–water partition coefficient (Wildman–Crippen LogP) is 5.04. The van der Waals surface area contributed by atoms with Gasteiger partial charge in [0.05, 0.1) is 9.64 Å². The summed E-state index contributed by atoms with van der Waals surface area (Å²) in [6.45, 7) is 3.27. The zero-order chi connectivity index (χ0) is 19.5. The first-order valence-corrected chi connectivity index (χ1v) is 12.2. The summed E-state index contributed by atoms with van der Waals surface area (Å²) in [4.78, 5) is 3.03. The summed E-state index contributed by atoms with van der Waals surface area (Å²) in [7, 11) is -3.23. The molecule has 1 aliphatic heterocycles. The second-order valence-corrected chi connectivity index (χ2v) is 10.8. The van der Waals surface area contributed by atoms with Crippen LogP contribution in [-0.2, 0) is 9.84 Å². The van der Waals surface area contributed by atoms with Gasteiger partial charge in [-0.1, -0.05) is 55.0 Å². The van der Waals surface area contributed by atoms with E-state index in [1.165, 1.54) is 18.4 Å². The highest BCUT2D eigenvalue weighted by atomic mass is 32.2. The molecule has 4 heteroatoms. The van der Waals surface area contributed by atoms with Gasteiger partial charge in [-0.2, -0.15) is 0 Å². The minimum Gasteiger partial charge on any atom is -0.303 e. The summed E-state index contributed by atoms with van der Waals surface area (Å²) in [5.74, 6) is 0.675. The van der Waals surface area contributed by atoms with Gasteiger partial charge in [0, 0.05) is 0 Å². The van der Waals surface area contributed by atoms with Crippen molar-refractivity contribution in [1.29, 1.82) is 0 Å². The van der Waals surface area contributed by atoms with Crippen molar-refractivity contribution in [2.24, 2.45) is 0 Å². The monoisotopic (exact) mass is 397 g/mol. The molecule has 3 nitrogen and oxygen atoms in total. The normalized spacial score (nSPS) is 20.6. The lowest BCUT2D eigenvalue weighted by atomic mass is 9.80. The molecule has 2 aromatic carbocycles. The van der Waals surface area contributed by atoms with Crippen LogP contribution in [0.2, 0.25) is 0 Å². The topological polar surface area (TPSA) is 37.4 Å². The van der Waals surface area contributed by atoms with E-state index in [0.29, 0.717) is 10.8 Å². The molecule has 4 rings (SSSR count). The highest BCUT2D eigenvalue weighted by molar-refractivity contribution is 7.93. The molecule has 1 aliphatic carbocycles. The van der Waals surface area contributed by atoms with Gasteiger partial charge >= 0.3 is 0 Å². The van der Waals surface area contributed by atoms with Gasteiger partial charge in [-0.25, -0.2) is 8.42 Å². The van der Waals surface area contributed by atoms with Crippen molar-refractivity contribution in [3.8, 4) is 0 Å². The summed E-state index contributed by atoms with van der Waals surface area (Å²) in [6, 6.07) is 19.9. The molecular formula is C24H31NO2S. The fourth-order valence-corrected chi connectivity index (χ4v) is 7.17. The van der Waals surface area contributed by atoms with E-state index >= 15 is 0 Å². The minimum absolute atomic E-state index is 0.498. The van der Waals surface area contributed by atoms with Gasteiger partial charge in [-0.3, -0.25) is 0 Å². The fraction of sp³-hybridized carbons (Fsp3) is 0.500. The van der Waals surface area contributed by atoms with E-state index < -0.39 is 14.6 Å². The lowest BCUT2D eigenvalue weighted by Gasteiger charge is -2.42. The first-order chi connectivity index (χ1) is 13.6. The SMILES string of the molecule is O=S(=O)(c1ccccc1)C1(CCCN2CCC(c3ccccc3)CC2)CCC1. The van der Waals surface area contributed by atoms with E-state index in [1.54, 1.807) is 12.1 Å². The van der Waals surface area contributed by atoms with Crippen LogP contribution < -0.4 is 0 Å². The summed E-state index contributed by atoms with van der Waals surface area (Å²) in [5.41, 5.74) is 1.46. The van der Waals surface area contributed by atoms with E-state index in [1.807, 2.05) is 18.2 Å². The van der Waals surface area contributed by atoms with Gasteiger partial charge < -0.3 is 4.90 Å². The van der Waals surface area contributed by atoms with Gasteiger partial charge in [0.15, 0.2) is 9.84 Å². The van der Waals surface area contributed by atoms with E-state index in [4.69, 9.17) is 0 Å². The van der Waals surface area contributed by atoms with Crippen molar-refractivity contribution in [3.63, 3.8) is 0 Å². The molecule has 0 amide bonds. The van der Waals surface area contributed by atoms with Crippen molar-refractivity contribution >= 4 is 9.84 Å². The van der Waals surface area contributed by atoms with E-state index in [9.17, 15) is 8.42 Å². The quantitative estimate of drug-likeness (QED) is 0.657. The number of benzene rings is 2. The maximum Gasteiger partial charge on any atom is 0.184 e. The summed E-state index contributed by atoms with van der Waals surface area (Å²) in [6.07, 6.45) is 6.86. The number of sulfone groups is 1. The number of rotatable bonds is 7. The molecule has 1 saturated heterocycles. The van der Waals surface area contributed by atoms with E-state index in [2.05, 4.69) is 35.2 Å². The number of likely N-dealkylation sites (tertiary alicyclic amines) is 1. The largest absolute Gasteiger partial charge is 0.303 e. The number of hydrogen-bond donors (Lipinski definition) is 0. The standard InChI is InChI=1S/C24H31NO2S/c26-28(27,23-11-5-2-6-12-23)24(15-7-16-24)17-8-18-25-19-13-22(14-20-25)21-9-3-1-4-10-21/h1-6,9-12,22H,7-8,13-20H2. The van der Waals surface area contributed by atoms with Crippen LogP contribution in [0, 0.1) is 0 Å². The molecule has 2 aliphatic rings. The first kappa shape index (κ1) is 19.7. The van der Waals surface area contributed by atoms with Crippen LogP contribution >= 0.6 is 0 Å². The second-order valence-electron chi connectivity index (χ2n) is 8.48. The minimum atomic E-state index is -3.23. The number of nitrogens with zero attached hydrogens (tertiary/aromatic N) is 1. The third-order valence-electron chi connectivity index (χ3n) is 6.85. The van der Waals surface area contributed by atoms with Crippen LogP contribution in [0.25, 0.3) is 0 Å². The zero-order valence-electron chi connectivity index (χ0n) is 16.6. The van der Waals surface area contributed by atoms with Crippen molar-refractivity contribution in [1.82, 2.24) is 4.90 Å². The van der Waals surface area contributed by atoms with Crippen molar-refractivity contribution in [2.75, 3.05) is 19.6 Å².